The molecule has 104 valence electrons. The quantitative estimate of drug-likeness (QED) is 0.885. The van der Waals surface area contributed by atoms with E-state index in [4.69, 9.17) is 5.73 Å². The van der Waals surface area contributed by atoms with Gasteiger partial charge in [0.2, 0.25) is 0 Å². The van der Waals surface area contributed by atoms with Crippen LogP contribution in [-0.4, -0.2) is 36.6 Å². The molecule has 0 bridgehead atoms. The molecule has 2 aliphatic heterocycles. The Hall–Kier alpha value is -1.06. The van der Waals surface area contributed by atoms with E-state index in [1.54, 1.807) is 0 Å². The molecule has 1 aromatic rings. The van der Waals surface area contributed by atoms with Gasteiger partial charge in [0.25, 0.3) is 0 Å². The number of piperazine rings is 1. The number of rotatable bonds is 2. The van der Waals surface area contributed by atoms with Crippen molar-refractivity contribution in [1.29, 1.82) is 0 Å². The Bertz CT molecular complexity index is 426. The normalized spacial score (nSPS) is 29.3. The van der Waals surface area contributed by atoms with E-state index in [1.807, 2.05) is 6.92 Å². The van der Waals surface area contributed by atoms with Gasteiger partial charge in [-0.05, 0) is 50.9 Å². The summed E-state index contributed by atoms with van der Waals surface area (Å²) in [5.41, 5.74) is 8.49. The monoisotopic (exact) mass is 259 g/mol. The highest BCUT2D eigenvalue weighted by Gasteiger charge is 2.34. The fourth-order valence-electron chi connectivity index (χ4n) is 3.52. The Morgan fingerprint density at radius 2 is 1.95 bits per heavy atom. The first-order chi connectivity index (χ1) is 9.15. The second-order valence-electron chi connectivity index (χ2n) is 6.17. The Labute approximate surface area is 116 Å². The van der Waals surface area contributed by atoms with Crippen molar-refractivity contribution in [2.24, 2.45) is 5.73 Å². The van der Waals surface area contributed by atoms with E-state index in [-0.39, 0.29) is 6.04 Å². The zero-order valence-electron chi connectivity index (χ0n) is 12.0. The smallest absolute Gasteiger partial charge is 0.0389 e. The molecule has 2 saturated heterocycles. The fourth-order valence-corrected chi connectivity index (χ4v) is 3.52. The van der Waals surface area contributed by atoms with Gasteiger partial charge in [-0.1, -0.05) is 12.1 Å². The zero-order valence-corrected chi connectivity index (χ0v) is 12.0. The lowest BCUT2D eigenvalue weighted by molar-refractivity contribution is 0.203. The zero-order chi connectivity index (χ0) is 13.4. The van der Waals surface area contributed by atoms with Crippen LogP contribution in [0, 0.1) is 0 Å². The average molecular weight is 259 g/mol. The van der Waals surface area contributed by atoms with Gasteiger partial charge >= 0.3 is 0 Å². The number of hydrogen-bond donors (Lipinski definition) is 1. The second kappa shape index (κ2) is 5.14. The summed E-state index contributed by atoms with van der Waals surface area (Å²) in [6.45, 7) is 8.06. The number of nitrogens with two attached hydrogens (primary N) is 1. The van der Waals surface area contributed by atoms with Gasteiger partial charge in [-0.3, -0.25) is 4.90 Å². The predicted octanol–water partition coefficient (Wildman–Crippen LogP) is 2.38. The summed E-state index contributed by atoms with van der Waals surface area (Å²) in [5.74, 6) is 0. The van der Waals surface area contributed by atoms with Gasteiger partial charge in [0.15, 0.2) is 0 Å². The Kier molecular flexibility index (Phi) is 3.50. The first-order valence-electron chi connectivity index (χ1n) is 7.51. The van der Waals surface area contributed by atoms with Crippen LogP contribution in [0.15, 0.2) is 24.3 Å². The third-order valence-electron chi connectivity index (χ3n) is 4.69. The van der Waals surface area contributed by atoms with Crippen molar-refractivity contribution in [2.45, 2.75) is 44.8 Å². The molecule has 0 spiro atoms. The highest BCUT2D eigenvalue weighted by molar-refractivity contribution is 5.49. The van der Waals surface area contributed by atoms with E-state index < -0.39 is 0 Å². The van der Waals surface area contributed by atoms with Gasteiger partial charge in [-0.25, -0.2) is 0 Å². The van der Waals surface area contributed by atoms with Gasteiger partial charge in [0, 0.05) is 36.9 Å². The standard InChI is InChI=1S/C16H25N3/c1-12-10-18-9-3-4-16(18)11-19(12)15-7-5-14(6-8-15)13(2)17/h5-8,12-13,16H,3-4,9-11,17H2,1-2H3/t12?,13-,16?/m0/s1. The summed E-state index contributed by atoms with van der Waals surface area (Å²) in [6.07, 6.45) is 2.73. The number of hydrogen-bond acceptors (Lipinski definition) is 3. The first kappa shape index (κ1) is 12.9. The maximum absolute atomic E-state index is 5.92. The van der Waals surface area contributed by atoms with E-state index in [0.717, 1.165) is 6.04 Å². The lowest BCUT2D eigenvalue weighted by Crippen LogP contribution is -2.55. The predicted molar refractivity (Wildman–Crippen MR) is 80.4 cm³/mol. The molecule has 3 rings (SSSR count). The van der Waals surface area contributed by atoms with Gasteiger partial charge in [0.05, 0.1) is 0 Å². The largest absolute Gasteiger partial charge is 0.366 e. The lowest BCUT2D eigenvalue weighted by Gasteiger charge is -2.43. The molecule has 3 heteroatoms. The van der Waals surface area contributed by atoms with Crippen LogP contribution in [0.3, 0.4) is 0 Å². The Morgan fingerprint density at radius 1 is 1.21 bits per heavy atom. The summed E-state index contributed by atoms with van der Waals surface area (Å²) in [7, 11) is 0. The third-order valence-corrected chi connectivity index (χ3v) is 4.69. The van der Waals surface area contributed by atoms with Crippen LogP contribution in [0.2, 0.25) is 0 Å². The van der Waals surface area contributed by atoms with Crippen LogP contribution >= 0.6 is 0 Å². The highest BCUT2D eigenvalue weighted by atomic mass is 15.3. The van der Waals surface area contributed by atoms with Crippen LogP contribution in [0.5, 0.6) is 0 Å². The van der Waals surface area contributed by atoms with Crippen LogP contribution in [-0.2, 0) is 0 Å². The van der Waals surface area contributed by atoms with Crippen LogP contribution < -0.4 is 10.6 Å². The van der Waals surface area contributed by atoms with Crippen LogP contribution in [0.4, 0.5) is 5.69 Å². The van der Waals surface area contributed by atoms with Crippen molar-refractivity contribution in [3.05, 3.63) is 29.8 Å². The van der Waals surface area contributed by atoms with E-state index in [1.165, 1.54) is 43.7 Å². The van der Waals surface area contributed by atoms with E-state index in [0.29, 0.717) is 6.04 Å². The van der Waals surface area contributed by atoms with Crippen LogP contribution in [0.25, 0.3) is 0 Å². The lowest BCUT2D eigenvalue weighted by atomic mass is 10.0. The number of benzene rings is 1. The molecule has 0 amide bonds. The Morgan fingerprint density at radius 3 is 2.63 bits per heavy atom. The molecule has 1 aromatic carbocycles. The molecule has 2 fully saturated rings. The topological polar surface area (TPSA) is 32.5 Å². The number of nitrogens with zero attached hydrogens (tertiary/aromatic N) is 2. The summed E-state index contributed by atoms with van der Waals surface area (Å²) >= 11 is 0. The molecular formula is C16H25N3. The van der Waals surface area contributed by atoms with Crippen molar-refractivity contribution in [1.82, 2.24) is 4.90 Å². The molecule has 2 aliphatic rings. The molecule has 2 heterocycles. The first-order valence-corrected chi connectivity index (χ1v) is 7.51. The summed E-state index contributed by atoms with van der Waals surface area (Å²) < 4.78 is 0. The summed E-state index contributed by atoms with van der Waals surface area (Å²) in [6, 6.07) is 10.3. The molecule has 2 unspecified atom stereocenters. The Balaban J connectivity index is 1.77. The molecule has 3 atom stereocenters. The highest BCUT2D eigenvalue weighted by Crippen LogP contribution is 2.29. The van der Waals surface area contributed by atoms with Crippen LogP contribution in [0.1, 0.15) is 38.3 Å². The van der Waals surface area contributed by atoms with Gasteiger partial charge in [-0.2, -0.15) is 0 Å². The third kappa shape index (κ3) is 2.49. The fraction of sp³-hybridized carbons (Fsp3) is 0.625. The maximum Gasteiger partial charge on any atom is 0.0389 e. The van der Waals surface area contributed by atoms with Crippen molar-refractivity contribution in [3.63, 3.8) is 0 Å². The molecule has 2 N–H and O–H groups in total. The van der Waals surface area contributed by atoms with Crippen molar-refractivity contribution in [2.75, 3.05) is 24.5 Å². The minimum atomic E-state index is 0.123. The molecule has 0 saturated carbocycles. The van der Waals surface area contributed by atoms with Crippen molar-refractivity contribution >= 4 is 5.69 Å². The van der Waals surface area contributed by atoms with Gasteiger partial charge in [-0.15, -0.1) is 0 Å². The van der Waals surface area contributed by atoms with Gasteiger partial charge < -0.3 is 10.6 Å². The van der Waals surface area contributed by atoms with Crippen molar-refractivity contribution < 1.29 is 0 Å². The minimum absolute atomic E-state index is 0.123. The van der Waals surface area contributed by atoms with E-state index in [9.17, 15) is 0 Å². The minimum Gasteiger partial charge on any atom is -0.366 e. The molecular weight excluding hydrogens is 234 g/mol. The van der Waals surface area contributed by atoms with Crippen molar-refractivity contribution in [3.8, 4) is 0 Å². The second-order valence-corrected chi connectivity index (χ2v) is 6.17. The average Bonchev–Trinajstić information content (AvgIpc) is 2.85. The van der Waals surface area contributed by atoms with E-state index in [2.05, 4.69) is 41.0 Å². The molecule has 0 aromatic heterocycles. The van der Waals surface area contributed by atoms with Gasteiger partial charge in [0.1, 0.15) is 0 Å². The number of fused-ring (bicyclic) bond motifs is 1. The molecule has 0 radical (unpaired) electrons. The summed E-state index contributed by atoms with van der Waals surface area (Å²) in [4.78, 5) is 5.23. The molecule has 3 nitrogen and oxygen atoms in total. The summed E-state index contributed by atoms with van der Waals surface area (Å²) in [5, 5.41) is 0. The molecule has 19 heavy (non-hydrogen) atoms. The van der Waals surface area contributed by atoms with E-state index >= 15 is 0 Å². The maximum atomic E-state index is 5.92. The SMILES string of the molecule is CC1CN2CCCC2CN1c1ccc([C@H](C)N)cc1. The molecule has 0 aliphatic carbocycles. The number of anilines is 1.